The maximum Gasteiger partial charge on any atom is 0.220 e. The molecule has 1 saturated carbocycles. The van der Waals surface area contributed by atoms with Crippen LogP contribution in [0.3, 0.4) is 0 Å². The third-order valence-electron chi connectivity index (χ3n) is 7.85. The van der Waals surface area contributed by atoms with Crippen LogP contribution in [0.15, 0.2) is 29.6 Å². The van der Waals surface area contributed by atoms with Crippen molar-refractivity contribution >= 4 is 33.0 Å². The molecule has 1 aliphatic carbocycles. The number of piperidine rings is 1. The molecule has 3 fully saturated rings. The van der Waals surface area contributed by atoms with Crippen LogP contribution in [0.5, 0.6) is 0 Å². The molecule has 0 radical (unpaired) electrons. The highest BCUT2D eigenvalue weighted by atomic mass is 32.1. The van der Waals surface area contributed by atoms with Gasteiger partial charge in [0.25, 0.3) is 0 Å². The van der Waals surface area contributed by atoms with E-state index in [0.717, 1.165) is 52.0 Å². The summed E-state index contributed by atoms with van der Waals surface area (Å²) < 4.78 is 7.61. The number of piperazine rings is 1. The lowest BCUT2D eigenvalue weighted by Gasteiger charge is -2.42. The lowest BCUT2D eigenvalue weighted by atomic mass is 9.72. The molecule has 5 rings (SSSR count). The predicted octanol–water partition coefficient (Wildman–Crippen LogP) is 4.51. The molecule has 4 unspecified atom stereocenters. The molecular formula is C26H37N3O2S. The molecule has 5 nitrogen and oxygen atoms in total. The Morgan fingerprint density at radius 1 is 1.12 bits per heavy atom. The molecule has 1 amide bonds. The molecule has 2 aromatic rings. The summed E-state index contributed by atoms with van der Waals surface area (Å²) in [4.78, 5) is 17.0. The lowest BCUT2D eigenvalue weighted by molar-refractivity contribution is -0.128. The van der Waals surface area contributed by atoms with Gasteiger partial charge >= 0.3 is 0 Å². The highest BCUT2D eigenvalue weighted by molar-refractivity contribution is 7.17. The third-order valence-corrected chi connectivity index (χ3v) is 8.73. The number of amides is 1. The van der Waals surface area contributed by atoms with Gasteiger partial charge in [-0.25, -0.2) is 0 Å². The average Bonchev–Trinajstić information content (AvgIpc) is 3.28. The van der Waals surface area contributed by atoms with Crippen molar-refractivity contribution in [3.05, 3.63) is 29.6 Å². The Labute approximate surface area is 196 Å². The molecule has 3 heterocycles. The quantitative estimate of drug-likeness (QED) is 0.624. The summed E-state index contributed by atoms with van der Waals surface area (Å²) in [5.41, 5.74) is 1.40. The molecule has 2 saturated heterocycles. The van der Waals surface area contributed by atoms with E-state index in [9.17, 15) is 4.79 Å². The van der Waals surface area contributed by atoms with Crippen LogP contribution < -0.4 is 10.2 Å². The van der Waals surface area contributed by atoms with Crippen LogP contribution in [0, 0.1) is 11.8 Å². The second-order valence-electron chi connectivity index (χ2n) is 9.97. The van der Waals surface area contributed by atoms with Gasteiger partial charge in [0.1, 0.15) is 0 Å². The van der Waals surface area contributed by atoms with Gasteiger partial charge < -0.3 is 15.0 Å². The van der Waals surface area contributed by atoms with Gasteiger partial charge in [-0.15, -0.1) is 11.3 Å². The Kier molecular flexibility index (Phi) is 7.00. The molecule has 32 heavy (non-hydrogen) atoms. The fourth-order valence-electron chi connectivity index (χ4n) is 6.02. The number of fused-ring (bicyclic) bond motifs is 2. The first-order chi connectivity index (χ1) is 15.7. The zero-order valence-electron chi connectivity index (χ0n) is 19.3. The van der Waals surface area contributed by atoms with E-state index in [4.69, 9.17) is 4.74 Å². The zero-order valence-corrected chi connectivity index (χ0v) is 20.1. The predicted molar refractivity (Wildman–Crippen MR) is 133 cm³/mol. The minimum absolute atomic E-state index is 0.228. The van der Waals surface area contributed by atoms with Crippen LogP contribution in [0.4, 0.5) is 5.69 Å². The third kappa shape index (κ3) is 4.97. The number of benzene rings is 1. The van der Waals surface area contributed by atoms with E-state index in [1.807, 2.05) is 11.3 Å². The van der Waals surface area contributed by atoms with Gasteiger partial charge in [-0.05, 0) is 74.1 Å². The van der Waals surface area contributed by atoms with Crippen molar-refractivity contribution in [3.63, 3.8) is 0 Å². The van der Waals surface area contributed by atoms with Gasteiger partial charge in [-0.3, -0.25) is 9.69 Å². The molecule has 1 aromatic carbocycles. The Morgan fingerprint density at radius 2 is 2.00 bits per heavy atom. The summed E-state index contributed by atoms with van der Waals surface area (Å²) >= 11 is 1.83. The summed E-state index contributed by atoms with van der Waals surface area (Å²) in [6.45, 7) is 8.77. The number of rotatable bonds is 7. The van der Waals surface area contributed by atoms with Gasteiger partial charge in [-0.2, -0.15) is 0 Å². The highest BCUT2D eigenvalue weighted by Crippen LogP contribution is 2.36. The zero-order chi connectivity index (χ0) is 21.9. The lowest BCUT2D eigenvalue weighted by Crippen LogP contribution is -2.52. The molecule has 1 N–H and O–H groups in total. The normalized spacial score (nSPS) is 29.2. The number of hydrogen-bond acceptors (Lipinski definition) is 5. The molecular weight excluding hydrogens is 418 g/mol. The van der Waals surface area contributed by atoms with Gasteiger partial charge in [-0.1, -0.05) is 13.0 Å². The number of ether oxygens (including phenoxy) is 1. The van der Waals surface area contributed by atoms with E-state index in [-0.39, 0.29) is 5.91 Å². The minimum atomic E-state index is 0.228. The molecule has 1 aromatic heterocycles. The van der Waals surface area contributed by atoms with Crippen LogP contribution in [-0.2, 0) is 9.53 Å². The maximum absolute atomic E-state index is 11.9. The summed E-state index contributed by atoms with van der Waals surface area (Å²) in [7, 11) is 0. The second-order valence-corrected chi connectivity index (χ2v) is 10.9. The van der Waals surface area contributed by atoms with Crippen molar-refractivity contribution in [1.82, 2.24) is 10.2 Å². The van der Waals surface area contributed by atoms with E-state index < -0.39 is 0 Å². The van der Waals surface area contributed by atoms with Crippen molar-refractivity contribution in [2.75, 3.05) is 44.2 Å². The monoisotopic (exact) mass is 455 g/mol. The van der Waals surface area contributed by atoms with E-state index in [0.29, 0.717) is 30.4 Å². The van der Waals surface area contributed by atoms with Crippen LogP contribution in [-0.4, -0.2) is 62.3 Å². The van der Waals surface area contributed by atoms with Crippen molar-refractivity contribution in [1.29, 1.82) is 0 Å². The average molecular weight is 456 g/mol. The first-order valence-corrected chi connectivity index (χ1v) is 13.4. The molecule has 0 bridgehead atoms. The van der Waals surface area contributed by atoms with Crippen molar-refractivity contribution in [3.8, 4) is 0 Å². The largest absolute Gasteiger partial charge is 0.378 e. The van der Waals surface area contributed by atoms with Crippen molar-refractivity contribution in [2.24, 2.45) is 11.8 Å². The van der Waals surface area contributed by atoms with Crippen molar-refractivity contribution in [2.45, 2.75) is 57.6 Å². The van der Waals surface area contributed by atoms with Gasteiger partial charge in [0.2, 0.25) is 5.91 Å². The standard InChI is InChI=1S/C26H37N3O2S/c1-19-17-26(30)27-23-18-20(7-8-21(19)23)31-15-3-2-10-28-11-13-29(14-12-28)24-5-4-6-25-22(24)9-16-32-25/h4-6,9,16,19-21,23H,2-3,7-8,10-15,17-18H2,1H3,(H,27,30). The van der Waals surface area contributed by atoms with E-state index in [1.54, 1.807) is 0 Å². The smallest absolute Gasteiger partial charge is 0.220 e. The Hall–Kier alpha value is -1.63. The highest BCUT2D eigenvalue weighted by Gasteiger charge is 2.38. The molecule has 3 aliphatic rings. The van der Waals surface area contributed by atoms with Gasteiger partial charge in [0, 0.05) is 61.0 Å². The fraction of sp³-hybridized carbons (Fsp3) is 0.654. The number of hydrogen-bond donors (Lipinski definition) is 1. The minimum Gasteiger partial charge on any atom is -0.378 e. The van der Waals surface area contributed by atoms with Gasteiger partial charge in [0.05, 0.1) is 6.10 Å². The number of nitrogens with one attached hydrogen (secondary N) is 1. The fourth-order valence-corrected chi connectivity index (χ4v) is 6.82. The number of nitrogens with zero attached hydrogens (tertiary/aromatic N) is 2. The number of unbranched alkanes of at least 4 members (excludes halogenated alkanes) is 1. The second kappa shape index (κ2) is 10.1. The first kappa shape index (κ1) is 22.2. The molecule has 6 heteroatoms. The van der Waals surface area contributed by atoms with Crippen LogP contribution >= 0.6 is 11.3 Å². The number of carbonyl (C=O) groups is 1. The molecule has 2 aliphatic heterocycles. The van der Waals surface area contributed by atoms with Crippen LogP contribution in [0.1, 0.15) is 45.4 Å². The SMILES string of the molecule is CC1CC(=O)NC2CC(OCCCCN3CCN(c4cccc5sccc45)CC3)CCC12. The molecule has 0 spiro atoms. The van der Waals surface area contributed by atoms with E-state index >= 15 is 0 Å². The molecule has 4 atom stereocenters. The summed E-state index contributed by atoms with van der Waals surface area (Å²) in [6, 6.07) is 9.28. The topological polar surface area (TPSA) is 44.8 Å². The summed E-state index contributed by atoms with van der Waals surface area (Å²) in [5, 5.41) is 6.82. The first-order valence-electron chi connectivity index (χ1n) is 12.5. The number of anilines is 1. The van der Waals surface area contributed by atoms with Crippen LogP contribution in [0.25, 0.3) is 10.1 Å². The summed E-state index contributed by atoms with van der Waals surface area (Å²) in [6.07, 6.45) is 6.70. The van der Waals surface area contributed by atoms with Crippen molar-refractivity contribution < 1.29 is 9.53 Å². The Balaban J connectivity index is 0.987. The van der Waals surface area contributed by atoms with Crippen LogP contribution in [0.2, 0.25) is 0 Å². The van der Waals surface area contributed by atoms with Gasteiger partial charge in [0.15, 0.2) is 0 Å². The Morgan fingerprint density at radius 3 is 2.88 bits per heavy atom. The number of thiophene rings is 1. The molecule has 174 valence electrons. The van der Waals surface area contributed by atoms with E-state index in [2.05, 4.69) is 51.7 Å². The Bertz CT molecular complexity index is 907. The maximum atomic E-state index is 11.9. The summed E-state index contributed by atoms with van der Waals surface area (Å²) in [5.74, 6) is 1.40. The van der Waals surface area contributed by atoms with E-state index in [1.165, 1.54) is 35.2 Å². The number of carbonyl (C=O) groups excluding carboxylic acids is 1.